The second-order valence-electron chi connectivity index (χ2n) is 1.98. The van der Waals surface area contributed by atoms with Crippen LogP contribution in [0.25, 0.3) is 0 Å². The molecule has 0 fully saturated rings. The van der Waals surface area contributed by atoms with Crippen LogP contribution in [0, 0.1) is 0 Å². The lowest BCUT2D eigenvalue weighted by molar-refractivity contribution is -0.114. The lowest BCUT2D eigenvalue weighted by atomic mass is 10.2. The molecule has 0 spiro atoms. The third-order valence-corrected chi connectivity index (χ3v) is 1.64. The van der Waals surface area contributed by atoms with Crippen molar-refractivity contribution in [3.63, 3.8) is 0 Å². The maximum Gasteiger partial charge on any atom is 0.156 e. The van der Waals surface area contributed by atoms with Gasteiger partial charge in [-0.2, -0.15) is 0 Å². The SMILES string of the molecule is O=C1C=C(/C=C\I)CC1. The highest BCUT2D eigenvalue weighted by Gasteiger charge is 2.07. The van der Waals surface area contributed by atoms with Crippen LogP contribution in [-0.4, -0.2) is 5.78 Å². The van der Waals surface area contributed by atoms with E-state index in [1.807, 2.05) is 10.2 Å². The summed E-state index contributed by atoms with van der Waals surface area (Å²) in [6, 6.07) is 0. The average Bonchev–Trinajstić information content (AvgIpc) is 2.17. The predicted molar refractivity (Wildman–Crippen MR) is 45.5 cm³/mol. The van der Waals surface area contributed by atoms with Crippen LogP contribution in [0.1, 0.15) is 12.8 Å². The quantitative estimate of drug-likeness (QED) is 0.636. The van der Waals surface area contributed by atoms with Crippen molar-refractivity contribution in [1.82, 2.24) is 0 Å². The molecule has 0 saturated carbocycles. The van der Waals surface area contributed by atoms with Crippen LogP contribution in [0.4, 0.5) is 0 Å². The molecule has 0 atom stereocenters. The molecule has 0 aliphatic heterocycles. The van der Waals surface area contributed by atoms with Gasteiger partial charge in [-0.25, -0.2) is 0 Å². The van der Waals surface area contributed by atoms with Gasteiger partial charge in [-0.15, -0.1) is 0 Å². The van der Waals surface area contributed by atoms with Crippen LogP contribution < -0.4 is 0 Å². The number of carbonyl (C=O) groups excluding carboxylic acids is 1. The standard InChI is InChI=1S/C7H7IO/c8-4-3-6-1-2-7(9)5-6/h3-5H,1-2H2/b4-3-. The molecule has 48 valence electrons. The molecule has 2 heteroatoms. The van der Waals surface area contributed by atoms with E-state index in [2.05, 4.69) is 22.6 Å². The highest BCUT2D eigenvalue weighted by atomic mass is 127. The van der Waals surface area contributed by atoms with E-state index < -0.39 is 0 Å². The van der Waals surface area contributed by atoms with Gasteiger partial charge in [0.1, 0.15) is 0 Å². The first kappa shape index (κ1) is 6.99. The molecule has 0 N–H and O–H groups in total. The maximum absolute atomic E-state index is 10.6. The number of ketones is 1. The van der Waals surface area contributed by atoms with Crippen LogP contribution in [0.5, 0.6) is 0 Å². The minimum absolute atomic E-state index is 0.263. The van der Waals surface area contributed by atoms with E-state index in [0.29, 0.717) is 6.42 Å². The first-order chi connectivity index (χ1) is 4.33. The zero-order valence-corrected chi connectivity index (χ0v) is 7.09. The van der Waals surface area contributed by atoms with E-state index in [0.717, 1.165) is 12.0 Å². The molecule has 0 amide bonds. The normalized spacial score (nSPS) is 19.2. The summed E-state index contributed by atoms with van der Waals surface area (Å²) in [5, 5.41) is 0. The topological polar surface area (TPSA) is 17.1 Å². The van der Waals surface area contributed by atoms with Gasteiger partial charge in [0.15, 0.2) is 5.78 Å². The largest absolute Gasteiger partial charge is 0.295 e. The molecule has 1 aliphatic rings. The Labute approximate surface area is 68.0 Å². The highest BCUT2D eigenvalue weighted by Crippen LogP contribution is 2.15. The Balaban J connectivity index is 2.62. The van der Waals surface area contributed by atoms with Crippen molar-refractivity contribution in [3.05, 3.63) is 21.8 Å². The fraction of sp³-hybridized carbons (Fsp3) is 0.286. The molecule has 0 aromatic heterocycles. The molecule has 1 nitrogen and oxygen atoms in total. The summed E-state index contributed by atoms with van der Waals surface area (Å²) in [5.74, 6) is 0.263. The van der Waals surface area contributed by atoms with Crippen LogP contribution in [0.3, 0.4) is 0 Å². The van der Waals surface area contributed by atoms with E-state index in [-0.39, 0.29) is 5.78 Å². The molecule has 0 saturated heterocycles. The maximum atomic E-state index is 10.6. The van der Waals surface area contributed by atoms with Gasteiger partial charge in [0.05, 0.1) is 0 Å². The lowest BCUT2D eigenvalue weighted by Crippen LogP contribution is -1.80. The zero-order valence-electron chi connectivity index (χ0n) is 4.93. The van der Waals surface area contributed by atoms with Gasteiger partial charge in [-0.1, -0.05) is 28.7 Å². The first-order valence-corrected chi connectivity index (χ1v) is 4.07. The smallest absolute Gasteiger partial charge is 0.156 e. The van der Waals surface area contributed by atoms with Crippen LogP contribution in [0.2, 0.25) is 0 Å². The summed E-state index contributed by atoms with van der Waals surface area (Å²) in [5.41, 5.74) is 1.16. The van der Waals surface area contributed by atoms with Crippen LogP contribution in [-0.2, 0) is 4.79 Å². The molecule has 1 rings (SSSR count). The third kappa shape index (κ3) is 1.93. The highest BCUT2D eigenvalue weighted by molar-refractivity contribution is 14.1. The summed E-state index contributed by atoms with van der Waals surface area (Å²) < 4.78 is 1.93. The Hall–Kier alpha value is -0.120. The van der Waals surface area contributed by atoms with Crippen LogP contribution in [0.15, 0.2) is 21.8 Å². The monoisotopic (exact) mass is 234 g/mol. The number of rotatable bonds is 1. The Bertz CT molecular complexity index is 179. The molecule has 0 aromatic rings. The second-order valence-corrected chi connectivity index (χ2v) is 2.70. The fourth-order valence-electron chi connectivity index (χ4n) is 0.831. The molecule has 9 heavy (non-hydrogen) atoms. The number of hydrogen-bond acceptors (Lipinski definition) is 1. The van der Waals surface area contributed by atoms with Crippen LogP contribution >= 0.6 is 22.6 Å². The number of carbonyl (C=O) groups is 1. The lowest BCUT2D eigenvalue weighted by Gasteiger charge is -1.83. The van der Waals surface area contributed by atoms with E-state index in [1.54, 1.807) is 6.08 Å². The van der Waals surface area contributed by atoms with Gasteiger partial charge < -0.3 is 0 Å². The third-order valence-electron chi connectivity index (χ3n) is 1.28. The second kappa shape index (κ2) is 3.15. The van der Waals surface area contributed by atoms with Gasteiger partial charge in [-0.05, 0) is 22.2 Å². The summed E-state index contributed by atoms with van der Waals surface area (Å²) >= 11 is 2.15. The average molecular weight is 234 g/mol. The van der Waals surface area contributed by atoms with Crippen molar-refractivity contribution in [2.45, 2.75) is 12.8 Å². The molecular formula is C7H7IO. The van der Waals surface area contributed by atoms with Crippen molar-refractivity contribution >= 4 is 28.4 Å². The number of halogens is 1. The van der Waals surface area contributed by atoms with Crippen molar-refractivity contribution in [2.75, 3.05) is 0 Å². The molecular weight excluding hydrogens is 227 g/mol. The minimum atomic E-state index is 0.263. The number of allylic oxidation sites excluding steroid dienone is 3. The summed E-state index contributed by atoms with van der Waals surface area (Å²) in [7, 11) is 0. The molecule has 0 radical (unpaired) electrons. The van der Waals surface area contributed by atoms with Crippen molar-refractivity contribution in [3.8, 4) is 0 Å². The Morgan fingerprint density at radius 2 is 2.33 bits per heavy atom. The Morgan fingerprint density at radius 1 is 1.56 bits per heavy atom. The first-order valence-electron chi connectivity index (χ1n) is 2.83. The summed E-state index contributed by atoms with van der Waals surface area (Å²) in [6.45, 7) is 0. The van der Waals surface area contributed by atoms with Crippen molar-refractivity contribution in [1.29, 1.82) is 0 Å². The van der Waals surface area contributed by atoms with Gasteiger partial charge in [0.2, 0.25) is 0 Å². The van der Waals surface area contributed by atoms with Gasteiger partial charge >= 0.3 is 0 Å². The number of hydrogen-bond donors (Lipinski definition) is 0. The van der Waals surface area contributed by atoms with Gasteiger partial charge in [-0.3, -0.25) is 4.79 Å². The van der Waals surface area contributed by atoms with Gasteiger partial charge in [0.25, 0.3) is 0 Å². The molecule has 0 unspecified atom stereocenters. The zero-order chi connectivity index (χ0) is 6.69. The Kier molecular flexibility index (Phi) is 2.45. The van der Waals surface area contributed by atoms with E-state index in [9.17, 15) is 4.79 Å². The molecule has 0 heterocycles. The van der Waals surface area contributed by atoms with Gasteiger partial charge in [0, 0.05) is 6.42 Å². The van der Waals surface area contributed by atoms with E-state index in [1.165, 1.54) is 0 Å². The predicted octanol–water partition coefficient (Wildman–Crippen LogP) is 2.22. The molecule has 0 aromatic carbocycles. The van der Waals surface area contributed by atoms with E-state index in [4.69, 9.17) is 0 Å². The van der Waals surface area contributed by atoms with E-state index >= 15 is 0 Å². The fourth-order valence-corrected chi connectivity index (χ4v) is 1.29. The summed E-state index contributed by atoms with van der Waals surface area (Å²) in [4.78, 5) is 10.6. The molecule has 1 aliphatic carbocycles. The Morgan fingerprint density at radius 3 is 2.78 bits per heavy atom. The molecule has 0 bridgehead atoms. The van der Waals surface area contributed by atoms with Crippen molar-refractivity contribution in [2.24, 2.45) is 0 Å². The van der Waals surface area contributed by atoms with Crippen molar-refractivity contribution < 1.29 is 4.79 Å². The summed E-state index contributed by atoms with van der Waals surface area (Å²) in [6.07, 6.45) is 5.33. The minimum Gasteiger partial charge on any atom is -0.295 e.